The Labute approximate surface area is 201 Å². The van der Waals surface area contributed by atoms with Crippen molar-refractivity contribution in [1.82, 2.24) is 0 Å². The molecular weight excluding hydrogens is 396 g/mol. The van der Waals surface area contributed by atoms with Gasteiger partial charge in [-0.3, -0.25) is 0 Å². The predicted octanol–water partition coefficient (Wildman–Crippen LogP) is 8.04. The maximum atomic E-state index is 3.41. The van der Waals surface area contributed by atoms with E-state index in [0.717, 1.165) is 41.5 Å². The van der Waals surface area contributed by atoms with E-state index in [2.05, 4.69) is 112 Å². The molecule has 0 aliphatic heterocycles. The molecule has 0 unspecified atom stereocenters. The van der Waals surface area contributed by atoms with E-state index in [1.807, 2.05) is 0 Å². The molecule has 168 valence electrons. The van der Waals surface area contributed by atoms with Gasteiger partial charge in [-0.25, -0.2) is 0 Å². The van der Waals surface area contributed by atoms with Gasteiger partial charge in [-0.2, -0.15) is 0 Å². The van der Waals surface area contributed by atoms with Crippen LogP contribution in [0.2, 0.25) is 0 Å². The quantitative estimate of drug-likeness (QED) is 0.331. The number of unbranched alkanes of at least 4 members (excludes halogenated alkanes) is 2. The van der Waals surface area contributed by atoms with E-state index in [1.165, 1.54) is 47.9 Å². The Hall–Kier alpha value is -3.22. The van der Waals surface area contributed by atoms with Gasteiger partial charge in [0.05, 0.1) is 0 Å². The van der Waals surface area contributed by atoms with Crippen LogP contribution in [0, 0.1) is 30.6 Å². The van der Waals surface area contributed by atoms with Gasteiger partial charge >= 0.3 is 0 Å². The van der Waals surface area contributed by atoms with Crippen molar-refractivity contribution in [1.29, 1.82) is 0 Å². The molecule has 0 heterocycles. The summed E-state index contributed by atoms with van der Waals surface area (Å²) in [6.07, 6.45) is 8.18. The summed E-state index contributed by atoms with van der Waals surface area (Å²) >= 11 is 0. The first-order chi connectivity index (χ1) is 16.1. The maximum Gasteiger partial charge on any atom is 0.0284 e. The third-order valence-electron chi connectivity index (χ3n) is 6.18. The average Bonchev–Trinajstić information content (AvgIpc) is 2.85. The van der Waals surface area contributed by atoms with Crippen LogP contribution >= 0.6 is 0 Å². The fraction of sp³-hybridized carbons (Fsp3) is 0.333. The van der Waals surface area contributed by atoms with E-state index >= 15 is 0 Å². The second-order valence-corrected chi connectivity index (χ2v) is 8.72. The van der Waals surface area contributed by atoms with Gasteiger partial charge in [0, 0.05) is 22.3 Å². The predicted molar refractivity (Wildman–Crippen MR) is 143 cm³/mol. The van der Waals surface area contributed by atoms with Crippen molar-refractivity contribution in [2.45, 2.75) is 72.6 Å². The molecule has 0 fully saturated rings. The Morgan fingerprint density at radius 3 is 1.45 bits per heavy atom. The van der Waals surface area contributed by atoms with Gasteiger partial charge < -0.3 is 0 Å². The average molecular weight is 433 g/mol. The van der Waals surface area contributed by atoms with Crippen molar-refractivity contribution in [2.75, 3.05) is 0 Å². The fourth-order valence-corrected chi connectivity index (χ4v) is 4.02. The van der Waals surface area contributed by atoms with Gasteiger partial charge in [-0.1, -0.05) is 81.6 Å². The first-order valence-corrected chi connectivity index (χ1v) is 12.5. The minimum Gasteiger partial charge on any atom is -0.0654 e. The van der Waals surface area contributed by atoms with Crippen LogP contribution in [0.15, 0.2) is 60.7 Å². The summed E-state index contributed by atoms with van der Waals surface area (Å²) < 4.78 is 0. The lowest BCUT2D eigenvalue weighted by Crippen LogP contribution is -1.96. The SMILES string of the molecule is CCCCc1ccc(C#Cc2ccc(C#Cc3ccc(CCCC)cc3)c(CC)c2C)cc1. The van der Waals surface area contributed by atoms with Crippen LogP contribution in [-0.4, -0.2) is 0 Å². The lowest BCUT2D eigenvalue weighted by molar-refractivity contribution is 0.795. The summed E-state index contributed by atoms with van der Waals surface area (Å²) in [6, 6.07) is 21.7. The van der Waals surface area contributed by atoms with E-state index in [0.29, 0.717) is 0 Å². The van der Waals surface area contributed by atoms with Crippen molar-refractivity contribution in [3.63, 3.8) is 0 Å². The first kappa shape index (κ1) is 24.4. The van der Waals surface area contributed by atoms with Gasteiger partial charge in [0.1, 0.15) is 0 Å². The third kappa shape index (κ3) is 7.14. The van der Waals surface area contributed by atoms with Crippen molar-refractivity contribution in [2.24, 2.45) is 0 Å². The molecular formula is C33H36. The number of hydrogen-bond donors (Lipinski definition) is 0. The molecule has 0 bridgehead atoms. The summed E-state index contributed by atoms with van der Waals surface area (Å²) in [6.45, 7) is 8.83. The van der Waals surface area contributed by atoms with E-state index in [1.54, 1.807) is 0 Å². The zero-order valence-electron chi connectivity index (χ0n) is 20.7. The van der Waals surface area contributed by atoms with Gasteiger partial charge in [0.2, 0.25) is 0 Å². The molecule has 0 saturated carbocycles. The number of benzene rings is 3. The molecule has 0 aromatic heterocycles. The molecule has 3 aromatic carbocycles. The summed E-state index contributed by atoms with van der Waals surface area (Å²) in [7, 11) is 0. The molecule has 3 aromatic rings. The van der Waals surface area contributed by atoms with Crippen LogP contribution in [0.4, 0.5) is 0 Å². The Morgan fingerprint density at radius 2 is 1.00 bits per heavy atom. The van der Waals surface area contributed by atoms with Gasteiger partial charge in [0.25, 0.3) is 0 Å². The van der Waals surface area contributed by atoms with Crippen LogP contribution in [-0.2, 0) is 19.3 Å². The third-order valence-corrected chi connectivity index (χ3v) is 6.18. The van der Waals surface area contributed by atoms with Crippen LogP contribution in [0.3, 0.4) is 0 Å². The Bertz CT molecular complexity index is 1150. The number of hydrogen-bond acceptors (Lipinski definition) is 0. The second kappa shape index (κ2) is 12.7. The van der Waals surface area contributed by atoms with E-state index in [-0.39, 0.29) is 0 Å². The van der Waals surface area contributed by atoms with Gasteiger partial charge in [0.15, 0.2) is 0 Å². The fourth-order valence-electron chi connectivity index (χ4n) is 4.02. The molecule has 0 aliphatic carbocycles. The molecule has 0 spiro atoms. The highest BCUT2D eigenvalue weighted by Crippen LogP contribution is 2.19. The van der Waals surface area contributed by atoms with Crippen molar-refractivity contribution >= 4 is 0 Å². The molecule has 0 amide bonds. The number of aryl methyl sites for hydroxylation is 2. The Balaban J connectivity index is 1.77. The number of rotatable bonds is 7. The minimum atomic E-state index is 0.952. The van der Waals surface area contributed by atoms with Crippen LogP contribution in [0.25, 0.3) is 0 Å². The Kier molecular flexibility index (Phi) is 9.42. The summed E-state index contributed by atoms with van der Waals surface area (Å²) in [5.74, 6) is 13.5. The van der Waals surface area contributed by atoms with Crippen LogP contribution < -0.4 is 0 Å². The highest BCUT2D eigenvalue weighted by Gasteiger charge is 2.06. The van der Waals surface area contributed by atoms with Crippen molar-refractivity contribution in [3.05, 3.63) is 105 Å². The molecule has 0 atom stereocenters. The monoisotopic (exact) mass is 432 g/mol. The van der Waals surface area contributed by atoms with E-state index in [4.69, 9.17) is 0 Å². The van der Waals surface area contributed by atoms with E-state index in [9.17, 15) is 0 Å². The Morgan fingerprint density at radius 1 is 0.545 bits per heavy atom. The van der Waals surface area contributed by atoms with Crippen LogP contribution in [0.5, 0.6) is 0 Å². The van der Waals surface area contributed by atoms with Gasteiger partial charge in [-0.15, -0.1) is 0 Å². The smallest absolute Gasteiger partial charge is 0.0284 e. The normalized spacial score (nSPS) is 10.2. The zero-order valence-corrected chi connectivity index (χ0v) is 20.7. The lowest BCUT2D eigenvalue weighted by Gasteiger charge is -2.08. The molecule has 0 saturated heterocycles. The van der Waals surface area contributed by atoms with E-state index < -0.39 is 0 Å². The van der Waals surface area contributed by atoms with Crippen molar-refractivity contribution in [3.8, 4) is 23.7 Å². The summed E-state index contributed by atoms with van der Waals surface area (Å²) in [5, 5.41) is 0. The summed E-state index contributed by atoms with van der Waals surface area (Å²) in [5.41, 5.74) is 9.66. The summed E-state index contributed by atoms with van der Waals surface area (Å²) in [4.78, 5) is 0. The molecule has 0 aliphatic rings. The second-order valence-electron chi connectivity index (χ2n) is 8.72. The first-order valence-electron chi connectivity index (χ1n) is 12.5. The maximum absolute atomic E-state index is 3.41. The standard InChI is InChI=1S/C33H36/c1-5-8-10-27-12-16-29(17-13-27)20-22-31-24-25-32(33(7-3)26(31)4)23-21-30-18-14-28(15-19-30)11-9-6-2/h12-19,24-25H,5-11H2,1-4H3. The highest BCUT2D eigenvalue weighted by atomic mass is 14.1. The molecule has 0 radical (unpaired) electrons. The largest absolute Gasteiger partial charge is 0.0654 e. The van der Waals surface area contributed by atoms with Crippen LogP contribution in [0.1, 0.15) is 91.0 Å². The molecule has 0 N–H and O–H groups in total. The topological polar surface area (TPSA) is 0 Å². The van der Waals surface area contributed by atoms with Gasteiger partial charge in [-0.05, 0) is 97.7 Å². The minimum absolute atomic E-state index is 0.952. The highest BCUT2D eigenvalue weighted by molar-refractivity contribution is 5.56. The molecule has 0 nitrogen and oxygen atoms in total. The molecule has 33 heavy (non-hydrogen) atoms. The zero-order chi connectivity index (χ0) is 23.5. The molecule has 0 heteroatoms. The lowest BCUT2D eigenvalue weighted by atomic mass is 9.95. The molecule has 3 rings (SSSR count). The van der Waals surface area contributed by atoms with Crippen molar-refractivity contribution < 1.29 is 0 Å².